The molecule has 0 bridgehead atoms. The zero-order valence-electron chi connectivity index (χ0n) is 11.2. The molecule has 1 aromatic rings. The van der Waals surface area contributed by atoms with Gasteiger partial charge in [-0.05, 0) is 31.9 Å². The molecule has 0 heterocycles. The topological polar surface area (TPSA) is 12.0 Å². The molecule has 1 unspecified atom stereocenters. The molecular weight excluding hydrogens is 206 g/mol. The van der Waals surface area contributed by atoms with E-state index in [0.717, 1.165) is 0 Å². The van der Waals surface area contributed by atoms with Crippen molar-refractivity contribution in [2.45, 2.75) is 44.6 Å². The van der Waals surface area contributed by atoms with Crippen LogP contribution in [0.15, 0.2) is 42.0 Å². The van der Waals surface area contributed by atoms with Crippen molar-refractivity contribution in [3.63, 3.8) is 0 Å². The fourth-order valence-corrected chi connectivity index (χ4v) is 3.00. The highest BCUT2D eigenvalue weighted by molar-refractivity contribution is 5.32. The number of allylic oxidation sites excluding steroid dienone is 1. The summed E-state index contributed by atoms with van der Waals surface area (Å²) in [4.78, 5) is 0. The first-order valence-electron chi connectivity index (χ1n) is 6.58. The Morgan fingerprint density at radius 3 is 2.41 bits per heavy atom. The molecule has 17 heavy (non-hydrogen) atoms. The average Bonchev–Trinajstić information content (AvgIpc) is 2.84. The average molecular weight is 229 g/mol. The van der Waals surface area contributed by atoms with E-state index in [1.807, 2.05) is 0 Å². The lowest BCUT2D eigenvalue weighted by Crippen LogP contribution is -2.44. The minimum absolute atomic E-state index is 0.145. The van der Waals surface area contributed by atoms with Crippen LogP contribution in [0.2, 0.25) is 0 Å². The molecule has 1 atom stereocenters. The van der Waals surface area contributed by atoms with E-state index in [0.29, 0.717) is 6.04 Å². The molecule has 1 N–H and O–H groups in total. The Morgan fingerprint density at radius 1 is 1.18 bits per heavy atom. The van der Waals surface area contributed by atoms with Crippen molar-refractivity contribution in [2.24, 2.45) is 0 Å². The predicted molar refractivity (Wildman–Crippen MR) is 74.2 cm³/mol. The molecule has 2 rings (SSSR count). The monoisotopic (exact) mass is 229 g/mol. The van der Waals surface area contributed by atoms with Crippen LogP contribution in [0, 0.1) is 0 Å². The fourth-order valence-electron chi connectivity index (χ4n) is 3.00. The largest absolute Gasteiger partial charge is 0.313 e. The van der Waals surface area contributed by atoms with Crippen LogP contribution in [0.4, 0.5) is 0 Å². The summed E-state index contributed by atoms with van der Waals surface area (Å²) in [6.45, 7) is 4.67. The van der Waals surface area contributed by atoms with Gasteiger partial charge in [-0.3, -0.25) is 0 Å². The molecule has 0 aromatic heterocycles. The van der Waals surface area contributed by atoms with Crippen LogP contribution in [0.5, 0.6) is 0 Å². The van der Waals surface area contributed by atoms with Crippen LogP contribution in [0.3, 0.4) is 0 Å². The number of hydrogen-bond donors (Lipinski definition) is 1. The Bertz CT molecular complexity index is 389. The Morgan fingerprint density at radius 2 is 1.88 bits per heavy atom. The number of likely N-dealkylation sites (N-methyl/N-ethyl adjacent to an activating group) is 1. The molecule has 1 nitrogen and oxygen atoms in total. The van der Waals surface area contributed by atoms with Gasteiger partial charge in [-0.1, -0.05) is 55.8 Å². The second kappa shape index (κ2) is 5.05. The zero-order valence-corrected chi connectivity index (χ0v) is 11.2. The summed E-state index contributed by atoms with van der Waals surface area (Å²) in [6.07, 6.45) is 6.24. The highest BCUT2D eigenvalue weighted by Gasteiger charge is 2.33. The molecule has 1 aliphatic rings. The third-order valence-electron chi connectivity index (χ3n) is 3.98. The predicted octanol–water partition coefficient (Wildman–Crippen LogP) is 3.66. The zero-order chi connectivity index (χ0) is 12.3. The number of nitrogens with one attached hydrogen (secondary N) is 1. The SMILES string of the molecule is CNC(C1=CCCC1)C(C)(C)c1ccccc1. The summed E-state index contributed by atoms with van der Waals surface area (Å²) < 4.78 is 0. The molecule has 0 amide bonds. The first-order chi connectivity index (χ1) is 8.16. The van der Waals surface area contributed by atoms with Crippen molar-refractivity contribution in [3.05, 3.63) is 47.5 Å². The van der Waals surface area contributed by atoms with Crippen LogP contribution < -0.4 is 5.32 Å². The van der Waals surface area contributed by atoms with Gasteiger partial charge in [0.25, 0.3) is 0 Å². The third kappa shape index (κ3) is 2.44. The Labute approximate surface area is 105 Å². The first kappa shape index (κ1) is 12.4. The summed E-state index contributed by atoms with van der Waals surface area (Å²) in [5.74, 6) is 0. The van der Waals surface area contributed by atoms with Crippen molar-refractivity contribution in [1.29, 1.82) is 0 Å². The van der Waals surface area contributed by atoms with Gasteiger partial charge in [0.05, 0.1) is 0 Å². The van der Waals surface area contributed by atoms with E-state index in [2.05, 4.69) is 62.6 Å². The molecule has 92 valence electrons. The van der Waals surface area contributed by atoms with Crippen LogP contribution in [-0.2, 0) is 5.41 Å². The summed E-state index contributed by atoms with van der Waals surface area (Å²) in [6, 6.07) is 11.3. The molecular formula is C16H23N. The summed E-state index contributed by atoms with van der Waals surface area (Å²) in [5, 5.41) is 3.51. The molecule has 0 saturated carbocycles. The molecule has 0 saturated heterocycles. The molecule has 1 aromatic carbocycles. The summed E-state index contributed by atoms with van der Waals surface area (Å²) in [5.41, 5.74) is 3.14. The first-order valence-corrected chi connectivity index (χ1v) is 6.58. The van der Waals surface area contributed by atoms with Crippen LogP contribution in [-0.4, -0.2) is 13.1 Å². The van der Waals surface area contributed by atoms with Crippen molar-refractivity contribution in [3.8, 4) is 0 Å². The van der Waals surface area contributed by atoms with E-state index in [1.165, 1.54) is 24.8 Å². The highest BCUT2D eigenvalue weighted by Crippen LogP contribution is 2.34. The molecule has 0 aliphatic heterocycles. The molecule has 0 fully saturated rings. The van der Waals surface area contributed by atoms with E-state index in [-0.39, 0.29) is 5.41 Å². The smallest absolute Gasteiger partial charge is 0.0369 e. The Kier molecular flexibility index (Phi) is 3.68. The van der Waals surface area contributed by atoms with Crippen molar-refractivity contribution in [2.75, 3.05) is 7.05 Å². The summed E-state index contributed by atoms with van der Waals surface area (Å²) in [7, 11) is 2.08. The number of hydrogen-bond acceptors (Lipinski definition) is 1. The van der Waals surface area contributed by atoms with Crippen LogP contribution in [0.25, 0.3) is 0 Å². The quantitative estimate of drug-likeness (QED) is 0.777. The molecule has 1 heteroatoms. The third-order valence-corrected chi connectivity index (χ3v) is 3.98. The fraction of sp³-hybridized carbons (Fsp3) is 0.500. The van der Waals surface area contributed by atoms with Gasteiger partial charge in [0.2, 0.25) is 0 Å². The van der Waals surface area contributed by atoms with Gasteiger partial charge < -0.3 is 5.32 Å². The lowest BCUT2D eigenvalue weighted by atomic mass is 9.74. The van der Waals surface area contributed by atoms with Gasteiger partial charge >= 0.3 is 0 Å². The lowest BCUT2D eigenvalue weighted by molar-refractivity contribution is 0.395. The number of rotatable bonds is 4. The number of benzene rings is 1. The van der Waals surface area contributed by atoms with E-state index >= 15 is 0 Å². The van der Waals surface area contributed by atoms with Crippen molar-refractivity contribution >= 4 is 0 Å². The standard InChI is InChI=1S/C16H23N/c1-16(2,14-11-5-4-6-12-14)15(17-3)13-9-7-8-10-13/h4-6,9,11-12,15,17H,7-8,10H2,1-3H3. The van der Waals surface area contributed by atoms with Gasteiger partial charge in [-0.15, -0.1) is 0 Å². The maximum atomic E-state index is 3.51. The summed E-state index contributed by atoms with van der Waals surface area (Å²) >= 11 is 0. The Balaban J connectivity index is 2.29. The van der Waals surface area contributed by atoms with Crippen LogP contribution >= 0.6 is 0 Å². The minimum Gasteiger partial charge on any atom is -0.313 e. The Hall–Kier alpha value is -1.08. The lowest BCUT2D eigenvalue weighted by Gasteiger charge is -2.36. The van der Waals surface area contributed by atoms with Crippen LogP contribution in [0.1, 0.15) is 38.7 Å². The van der Waals surface area contributed by atoms with E-state index < -0.39 is 0 Å². The molecule has 0 spiro atoms. The minimum atomic E-state index is 0.145. The second-order valence-corrected chi connectivity index (χ2v) is 5.48. The van der Waals surface area contributed by atoms with E-state index in [1.54, 1.807) is 5.57 Å². The van der Waals surface area contributed by atoms with E-state index in [4.69, 9.17) is 0 Å². The maximum absolute atomic E-state index is 3.51. The van der Waals surface area contributed by atoms with E-state index in [9.17, 15) is 0 Å². The normalized spacial score (nSPS) is 17.9. The van der Waals surface area contributed by atoms with Gasteiger partial charge in [0.15, 0.2) is 0 Å². The second-order valence-electron chi connectivity index (χ2n) is 5.48. The van der Waals surface area contributed by atoms with Gasteiger partial charge in [0, 0.05) is 11.5 Å². The maximum Gasteiger partial charge on any atom is 0.0369 e. The van der Waals surface area contributed by atoms with Gasteiger partial charge in [-0.2, -0.15) is 0 Å². The molecule has 1 aliphatic carbocycles. The van der Waals surface area contributed by atoms with Gasteiger partial charge in [0.1, 0.15) is 0 Å². The van der Waals surface area contributed by atoms with Crippen molar-refractivity contribution in [1.82, 2.24) is 5.32 Å². The highest BCUT2D eigenvalue weighted by atomic mass is 14.9. The molecule has 0 radical (unpaired) electrons. The van der Waals surface area contributed by atoms with Crippen molar-refractivity contribution < 1.29 is 0 Å². The van der Waals surface area contributed by atoms with Gasteiger partial charge in [-0.25, -0.2) is 0 Å².